The maximum absolute atomic E-state index is 9.70. The Kier molecular flexibility index (Phi) is 5.11. The van der Waals surface area contributed by atoms with Crippen LogP contribution in [-0.2, 0) is 4.74 Å². The molecule has 0 saturated heterocycles. The number of hydrogen-bond donors (Lipinski definition) is 3. The Morgan fingerprint density at radius 2 is 1.88 bits per heavy atom. The van der Waals surface area contributed by atoms with Crippen LogP contribution in [0.4, 0.5) is 0 Å². The van der Waals surface area contributed by atoms with Crippen molar-refractivity contribution in [3.63, 3.8) is 0 Å². The molecule has 0 fully saturated rings. The molecule has 0 radical (unpaired) electrons. The van der Waals surface area contributed by atoms with Gasteiger partial charge in [0, 0.05) is 12.7 Å². The van der Waals surface area contributed by atoms with Crippen molar-refractivity contribution in [1.82, 2.24) is 0 Å². The Labute approximate surface area is 145 Å². The van der Waals surface area contributed by atoms with E-state index in [0.29, 0.717) is 23.7 Å². The van der Waals surface area contributed by atoms with E-state index >= 15 is 0 Å². The van der Waals surface area contributed by atoms with Gasteiger partial charge in [-0.1, -0.05) is 24.3 Å². The Bertz CT molecular complexity index is 771. The molecule has 3 rings (SSSR count). The van der Waals surface area contributed by atoms with Gasteiger partial charge < -0.3 is 29.5 Å². The van der Waals surface area contributed by atoms with E-state index in [1.165, 1.54) is 12.1 Å². The molecule has 6 nitrogen and oxygen atoms in total. The summed E-state index contributed by atoms with van der Waals surface area (Å²) >= 11 is 0. The number of aliphatic hydroxyl groups is 1. The molecule has 3 N–H and O–H groups in total. The fourth-order valence-electron chi connectivity index (χ4n) is 2.67. The van der Waals surface area contributed by atoms with E-state index in [-0.39, 0.29) is 18.1 Å². The molecule has 2 atom stereocenters. The number of fused-ring (bicyclic) bond motifs is 1. The molecule has 0 aliphatic carbocycles. The second-order valence-electron chi connectivity index (χ2n) is 5.69. The average Bonchev–Trinajstić information content (AvgIpc) is 2.63. The first kappa shape index (κ1) is 17.1. The predicted octanol–water partition coefficient (Wildman–Crippen LogP) is 2.63. The van der Waals surface area contributed by atoms with Crippen LogP contribution in [0.3, 0.4) is 0 Å². The Hall–Kier alpha value is -2.70. The molecule has 25 heavy (non-hydrogen) atoms. The van der Waals surface area contributed by atoms with Gasteiger partial charge in [-0.25, -0.2) is 0 Å². The van der Waals surface area contributed by atoms with Crippen LogP contribution in [0.25, 0.3) is 6.08 Å². The maximum Gasteiger partial charge on any atom is 0.163 e. The minimum Gasteiger partial charge on any atom is -0.504 e. The quantitative estimate of drug-likeness (QED) is 0.723. The number of aliphatic hydroxyl groups excluding tert-OH is 1. The second-order valence-corrected chi connectivity index (χ2v) is 5.69. The minimum absolute atomic E-state index is 0.214. The van der Waals surface area contributed by atoms with Gasteiger partial charge >= 0.3 is 0 Å². The van der Waals surface area contributed by atoms with Gasteiger partial charge in [0.2, 0.25) is 0 Å². The normalized spacial score (nSPS) is 19.3. The summed E-state index contributed by atoms with van der Waals surface area (Å²) < 4.78 is 16.8. The van der Waals surface area contributed by atoms with Gasteiger partial charge in [-0.05, 0) is 29.8 Å². The number of phenols is 2. The zero-order valence-electron chi connectivity index (χ0n) is 13.8. The summed E-state index contributed by atoms with van der Waals surface area (Å²) in [5.41, 5.74) is 1.53. The smallest absolute Gasteiger partial charge is 0.163 e. The van der Waals surface area contributed by atoms with Crippen molar-refractivity contribution in [2.24, 2.45) is 0 Å². The number of aromatic hydroxyl groups is 2. The van der Waals surface area contributed by atoms with Crippen molar-refractivity contribution in [2.75, 3.05) is 20.3 Å². The molecule has 2 aromatic carbocycles. The van der Waals surface area contributed by atoms with Crippen LogP contribution in [-0.4, -0.2) is 41.7 Å². The van der Waals surface area contributed by atoms with Crippen LogP contribution in [0.5, 0.6) is 23.0 Å². The van der Waals surface area contributed by atoms with E-state index in [1.54, 1.807) is 19.2 Å². The molecular formula is C19H20O6. The lowest BCUT2D eigenvalue weighted by molar-refractivity contribution is -0.0124. The van der Waals surface area contributed by atoms with E-state index < -0.39 is 12.2 Å². The fourth-order valence-corrected chi connectivity index (χ4v) is 2.67. The lowest BCUT2D eigenvalue weighted by Gasteiger charge is -2.33. The number of methoxy groups -OCH3 is 1. The molecule has 0 amide bonds. The van der Waals surface area contributed by atoms with Crippen LogP contribution >= 0.6 is 0 Å². The maximum atomic E-state index is 9.70. The van der Waals surface area contributed by atoms with Crippen molar-refractivity contribution in [3.8, 4) is 23.0 Å². The lowest BCUT2D eigenvalue weighted by Crippen LogP contribution is -2.36. The zero-order valence-corrected chi connectivity index (χ0v) is 13.8. The summed E-state index contributed by atoms with van der Waals surface area (Å²) in [6.07, 6.45) is 2.57. The molecule has 1 heterocycles. The van der Waals surface area contributed by atoms with Crippen molar-refractivity contribution < 1.29 is 29.5 Å². The van der Waals surface area contributed by atoms with E-state index in [0.717, 1.165) is 5.56 Å². The molecule has 0 aromatic heterocycles. The number of benzene rings is 2. The molecule has 132 valence electrons. The SMILES string of the molecule is COCC=Cc1ccc2c(c1)O[C@H](CO)[C@@H](c1ccc(O)c(O)c1)O2. The van der Waals surface area contributed by atoms with Crippen LogP contribution in [0.2, 0.25) is 0 Å². The van der Waals surface area contributed by atoms with Gasteiger partial charge in [0.15, 0.2) is 35.2 Å². The summed E-state index contributed by atoms with van der Waals surface area (Å²) in [6.45, 7) is 0.260. The summed E-state index contributed by atoms with van der Waals surface area (Å²) in [6, 6.07) is 9.91. The molecule has 0 unspecified atom stereocenters. The first-order valence-corrected chi connectivity index (χ1v) is 7.88. The third kappa shape index (κ3) is 3.70. The van der Waals surface area contributed by atoms with Gasteiger partial charge in [-0.2, -0.15) is 0 Å². The summed E-state index contributed by atoms with van der Waals surface area (Å²) in [7, 11) is 1.63. The Morgan fingerprint density at radius 3 is 2.60 bits per heavy atom. The molecule has 2 aromatic rings. The van der Waals surface area contributed by atoms with Gasteiger partial charge in [0.1, 0.15) is 0 Å². The monoisotopic (exact) mass is 344 g/mol. The third-order valence-corrected chi connectivity index (χ3v) is 3.92. The zero-order chi connectivity index (χ0) is 17.8. The van der Waals surface area contributed by atoms with E-state index in [2.05, 4.69) is 0 Å². The fraction of sp³-hybridized carbons (Fsp3) is 0.263. The topological polar surface area (TPSA) is 88.4 Å². The lowest BCUT2D eigenvalue weighted by atomic mass is 10.0. The largest absolute Gasteiger partial charge is 0.504 e. The highest BCUT2D eigenvalue weighted by molar-refractivity contribution is 5.56. The second kappa shape index (κ2) is 7.46. The Balaban J connectivity index is 1.87. The van der Waals surface area contributed by atoms with Gasteiger partial charge in [-0.15, -0.1) is 0 Å². The highest BCUT2D eigenvalue weighted by Gasteiger charge is 2.33. The molecule has 0 bridgehead atoms. The predicted molar refractivity (Wildman–Crippen MR) is 92.0 cm³/mol. The van der Waals surface area contributed by atoms with Crippen LogP contribution in [0.1, 0.15) is 17.2 Å². The molecule has 0 spiro atoms. The first-order chi connectivity index (χ1) is 12.1. The summed E-state index contributed by atoms with van der Waals surface area (Å²) in [5, 5.41) is 28.8. The van der Waals surface area contributed by atoms with Crippen molar-refractivity contribution >= 4 is 6.08 Å². The summed E-state index contributed by atoms with van der Waals surface area (Å²) in [4.78, 5) is 0. The van der Waals surface area contributed by atoms with Crippen LogP contribution in [0, 0.1) is 0 Å². The molecule has 0 saturated carbocycles. The van der Waals surface area contributed by atoms with Crippen molar-refractivity contribution in [2.45, 2.75) is 12.2 Å². The van der Waals surface area contributed by atoms with Crippen LogP contribution < -0.4 is 9.47 Å². The molecule has 6 heteroatoms. The average molecular weight is 344 g/mol. The number of phenolic OH excluding ortho intramolecular Hbond substituents is 2. The Morgan fingerprint density at radius 1 is 1.04 bits per heavy atom. The van der Waals surface area contributed by atoms with E-state index in [4.69, 9.17) is 14.2 Å². The van der Waals surface area contributed by atoms with Gasteiger partial charge in [0.05, 0.1) is 13.2 Å². The molecule has 1 aliphatic heterocycles. The number of hydrogen-bond acceptors (Lipinski definition) is 6. The van der Waals surface area contributed by atoms with E-state index in [9.17, 15) is 15.3 Å². The summed E-state index contributed by atoms with van der Waals surface area (Å²) in [5.74, 6) is 0.625. The van der Waals surface area contributed by atoms with Gasteiger partial charge in [-0.3, -0.25) is 0 Å². The van der Waals surface area contributed by atoms with Crippen molar-refractivity contribution in [3.05, 3.63) is 53.6 Å². The third-order valence-electron chi connectivity index (χ3n) is 3.92. The van der Waals surface area contributed by atoms with Gasteiger partial charge in [0.25, 0.3) is 0 Å². The molecular weight excluding hydrogens is 324 g/mol. The van der Waals surface area contributed by atoms with Crippen molar-refractivity contribution in [1.29, 1.82) is 0 Å². The number of ether oxygens (including phenoxy) is 3. The highest BCUT2D eigenvalue weighted by atomic mass is 16.6. The standard InChI is InChI=1S/C19H20O6/c1-23-8-2-3-12-4-7-16-17(9-12)24-18(11-20)19(25-16)13-5-6-14(21)15(22)10-13/h2-7,9-10,18-22H,8,11H2,1H3/t18-,19-/m1/s1. The van der Waals surface area contributed by atoms with Crippen LogP contribution in [0.15, 0.2) is 42.5 Å². The highest BCUT2D eigenvalue weighted by Crippen LogP contribution is 2.41. The number of rotatable bonds is 5. The molecule has 1 aliphatic rings. The minimum atomic E-state index is -0.630. The first-order valence-electron chi connectivity index (χ1n) is 7.88. The van der Waals surface area contributed by atoms with E-state index in [1.807, 2.05) is 24.3 Å².